The van der Waals surface area contributed by atoms with Crippen LogP contribution in [0.15, 0.2) is 47.4 Å². The summed E-state index contributed by atoms with van der Waals surface area (Å²) in [6.45, 7) is 5.36. The molecule has 3 aromatic rings. The number of amides is 1. The Bertz CT molecular complexity index is 1600. The molecule has 9 nitrogen and oxygen atoms in total. The Morgan fingerprint density at radius 2 is 1.85 bits per heavy atom. The summed E-state index contributed by atoms with van der Waals surface area (Å²) in [6, 6.07) is 7.39. The fourth-order valence-corrected chi connectivity index (χ4v) is 6.78. The number of ether oxygens (including phenoxy) is 2. The van der Waals surface area contributed by atoms with Crippen LogP contribution in [0.4, 0.5) is 19.5 Å². The lowest BCUT2D eigenvalue weighted by atomic mass is 9.88. The number of hydrogen-bond donors (Lipinski definition) is 2. The molecule has 0 saturated heterocycles. The molecule has 1 aliphatic carbocycles. The zero-order valence-electron chi connectivity index (χ0n) is 22.5. The average Bonchev–Trinajstić information content (AvgIpc) is 3.26. The molecule has 0 bridgehead atoms. The highest BCUT2D eigenvalue weighted by Gasteiger charge is 2.30. The van der Waals surface area contributed by atoms with Crippen LogP contribution in [0.3, 0.4) is 0 Å². The Kier molecular flexibility index (Phi) is 9.08. The molecule has 41 heavy (non-hydrogen) atoms. The Hall–Kier alpha value is -3.84. The van der Waals surface area contributed by atoms with Gasteiger partial charge < -0.3 is 14.8 Å². The van der Waals surface area contributed by atoms with Gasteiger partial charge in [-0.15, -0.1) is 11.3 Å². The number of sulfonamides is 1. The monoisotopic (exact) mass is 606 g/mol. The van der Waals surface area contributed by atoms with Gasteiger partial charge in [0.1, 0.15) is 5.00 Å². The van der Waals surface area contributed by atoms with Gasteiger partial charge in [0.25, 0.3) is 15.9 Å². The van der Waals surface area contributed by atoms with Gasteiger partial charge in [-0.25, -0.2) is 26.8 Å². The molecule has 4 rings (SSSR count). The van der Waals surface area contributed by atoms with Crippen molar-refractivity contribution in [1.29, 1.82) is 0 Å². The molecule has 0 aliphatic heterocycles. The number of halogens is 2. The van der Waals surface area contributed by atoms with Crippen LogP contribution in [0.1, 0.15) is 58.3 Å². The zero-order chi connectivity index (χ0) is 29.9. The molecule has 2 atom stereocenters. The van der Waals surface area contributed by atoms with Crippen molar-refractivity contribution in [2.45, 2.75) is 51.0 Å². The molecule has 0 fully saturated rings. The van der Waals surface area contributed by atoms with Crippen molar-refractivity contribution in [3.63, 3.8) is 0 Å². The zero-order valence-corrected chi connectivity index (χ0v) is 24.1. The van der Waals surface area contributed by atoms with Gasteiger partial charge in [-0.3, -0.25) is 9.52 Å². The van der Waals surface area contributed by atoms with Crippen molar-refractivity contribution < 1.29 is 41.1 Å². The van der Waals surface area contributed by atoms with E-state index in [1.165, 1.54) is 42.5 Å². The first-order chi connectivity index (χ1) is 19.4. The van der Waals surface area contributed by atoms with Crippen molar-refractivity contribution in [2.75, 3.05) is 16.6 Å². The number of thiophene rings is 1. The lowest BCUT2D eigenvalue weighted by Gasteiger charge is -2.18. The van der Waals surface area contributed by atoms with Crippen molar-refractivity contribution in [2.24, 2.45) is 5.92 Å². The van der Waals surface area contributed by atoms with Gasteiger partial charge in [-0.05, 0) is 81.0 Å². The van der Waals surface area contributed by atoms with Crippen LogP contribution in [-0.2, 0) is 37.1 Å². The minimum absolute atomic E-state index is 0.0428. The summed E-state index contributed by atoms with van der Waals surface area (Å²) < 4.78 is 64.6. The second-order valence-electron chi connectivity index (χ2n) is 9.58. The summed E-state index contributed by atoms with van der Waals surface area (Å²) in [4.78, 5) is 39.0. The quantitative estimate of drug-likeness (QED) is 0.316. The van der Waals surface area contributed by atoms with E-state index in [4.69, 9.17) is 9.47 Å². The van der Waals surface area contributed by atoms with E-state index in [0.717, 1.165) is 29.3 Å². The fraction of sp³-hybridized carbons (Fsp3) is 0.321. The van der Waals surface area contributed by atoms with Crippen molar-refractivity contribution in [3.05, 3.63) is 75.7 Å². The third kappa shape index (κ3) is 6.91. The lowest BCUT2D eigenvalue weighted by Crippen LogP contribution is -2.30. The summed E-state index contributed by atoms with van der Waals surface area (Å²) in [5.74, 6) is -4.18. The van der Waals surface area contributed by atoms with Crippen LogP contribution < -0.4 is 10.0 Å². The Labute approximate surface area is 239 Å². The molecule has 1 aromatic heterocycles. The molecule has 0 radical (unpaired) electrons. The van der Waals surface area contributed by atoms with Gasteiger partial charge in [0, 0.05) is 10.6 Å². The molecule has 0 unspecified atom stereocenters. The van der Waals surface area contributed by atoms with Gasteiger partial charge in [-0.2, -0.15) is 0 Å². The summed E-state index contributed by atoms with van der Waals surface area (Å²) >= 11 is 1.31. The van der Waals surface area contributed by atoms with E-state index in [1.54, 1.807) is 6.92 Å². The second kappa shape index (κ2) is 12.4. The minimum atomic E-state index is -4.30. The topological polar surface area (TPSA) is 128 Å². The molecule has 1 amide bonds. The van der Waals surface area contributed by atoms with E-state index in [-0.39, 0.29) is 17.9 Å². The lowest BCUT2D eigenvalue weighted by molar-refractivity contribution is -0.123. The van der Waals surface area contributed by atoms with Crippen LogP contribution in [0.5, 0.6) is 0 Å². The molecular weight excluding hydrogens is 578 g/mol. The minimum Gasteiger partial charge on any atom is -0.462 e. The number of carbonyl (C=O) groups excluding carboxylic acids is 3. The van der Waals surface area contributed by atoms with E-state index in [2.05, 4.69) is 17.0 Å². The number of hydrogen-bond acceptors (Lipinski definition) is 8. The summed E-state index contributed by atoms with van der Waals surface area (Å²) in [5.41, 5.74) is 1.09. The number of carbonyl (C=O) groups is 3. The van der Waals surface area contributed by atoms with Crippen molar-refractivity contribution >= 4 is 49.9 Å². The number of nitrogens with one attached hydrogen (secondary N) is 2. The molecule has 1 heterocycles. The van der Waals surface area contributed by atoms with Crippen LogP contribution in [0, 0.1) is 17.6 Å². The molecule has 2 N–H and O–H groups in total. The van der Waals surface area contributed by atoms with Crippen molar-refractivity contribution in [1.82, 2.24) is 0 Å². The standard InChI is InChI=1S/C28H28F2N2O7S2/c1-4-38-28(35)24-20-10-8-15(2)12-23(20)40-26(24)31-25(33)16(3)39-27(34)17-6-5-7-18(13-17)32-41(36,37)19-9-11-21(29)22(30)14-19/h5-7,9,11,13-16,32H,4,8,10,12H2,1-3H3,(H,31,33)/t15-,16+/m0/s1. The average molecular weight is 607 g/mol. The maximum atomic E-state index is 13.5. The number of rotatable bonds is 9. The van der Waals surface area contributed by atoms with Crippen LogP contribution in [-0.4, -0.2) is 39.0 Å². The maximum absolute atomic E-state index is 13.5. The van der Waals surface area contributed by atoms with Crippen LogP contribution >= 0.6 is 11.3 Å². The third-order valence-electron chi connectivity index (χ3n) is 6.43. The Morgan fingerprint density at radius 3 is 2.56 bits per heavy atom. The normalized spacial score (nSPS) is 15.4. The van der Waals surface area contributed by atoms with Gasteiger partial charge in [0.15, 0.2) is 17.7 Å². The first-order valence-electron chi connectivity index (χ1n) is 12.8. The molecule has 0 spiro atoms. The summed E-state index contributed by atoms with van der Waals surface area (Å²) in [6.07, 6.45) is 1.12. The van der Waals surface area contributed by atoms with Gasteiger partial charge in [0.05, 0.1) is 22.6 Å². The summed E-state index contributed by atoms with van der Waals surface area (Å²) in [5, 5.41) is 3.04. The molecule has 2 aromatic carbocycles. The molecule has 0 saturated carbocycles. The highest BCUT2D eigenvalue weighted by Crippen LogP contribution is 2.40. The van der Waals surface area contributed by atoms with Gasteiger partial charge >= 0.3 is 11.9 Å². The molecular formula is C28H28F2N2O7S2. The van der Waals surface area contributed by atoms with Crippen LogP contribution in [0.2, 0.25) is 0 Å². The number of anilines is 2. The van der Waals surface area contributed by atoms with Gasteiger partial charge in [0.2, 0.25) is 0 Å². The molecule has 218 valence electrons. The van der Waals surface area contributed by atoms with E-state index in [0.29, 0.717) is 35.0 Å². The molecule has 1 aliphatic rings. The fourth-order valence-electron chi connectivity index (χ4n) is 4.32. The maximum Gasteiger partial charge on any atom is 0.341 e. The van der Waals surface area contributed by atoms with E-state index >= 15 is 0 Å². The third-order valence-corrected chi connectivity index (χ3v) is 8.98. The number of esters is 2. The smallest absolute Gasteiger partial charge is 0.341 e. The van der Waals surface area contributed by atoms with E-state index < -0.39 is 50.5 Å². The molecule has 13 heteroatoms. The number of fused-ring (bicyclic) bond motifs is 1. The first-order valence-corrected chi connectivity index (χ1v) is 15.1. The largest absolute Gasteiger partial charge is 0.462 e. The predicted octanol–water partition coefficient (Wildman–Crippen LogP) is 5.31. The predicted molar refractivity (Wildman–Crippen MR) is 149 cm³/mol. The second-order valence-corrected chi connectivity index (χ2v) is 12.4. The van der Waals surface area contributed by atoms with E-state index in [9.17, 15) is 31.6 Å². The van der Waals surface area contributed by atoms with Gasteiger partial charge in [-0.1, -0.05) is 13.0 Å². The van der Waals surface area contributed by atoms with Crippen molar-refractivity contribution in [3.8, 4) is 0 Å². The number of benzene rings is 2. The summed E-state index contributed by atoms with van der Waals surface area (Å²) in [7, 11) is -4.30. The first kappa shape index (κ1) is 30.1. The SMILES string of the molecule is CCOC(=O)c1c(NC(=O)[C@@H](C)OC(=O)c2cccc(NS(=O)(=O)c3ccc(F)c(F)c3)c2)sc2c1CC[C@H](C)C2. The van der Waals surface area contributed by atoms with E-state index in [1.807, 2.05) is 0 Å². The Morgan fingerprint density at radius 1 is 1.10 bits per heavy atom. The highest BCUT2D eigenvalue weighted by molar-refractivity contribution is 7.92. The Balaban J connectivity index is 1.46. The highest BCUT2D eigenvalue weighted by atomic mass is 32.2. The van der Waals surface area contributed by atoms with Crippen LogP contribution in [0.25, 0.3) is 0 Å².